The van der Waals surface area contributed by atoms with Crippen molar-refractivity contribution >= 4 is 22.6 Å². The number of ether oxygens (including phenoxy) is 1. The van der Waals surface area contributed by atoms with Crippen LogP contribution in [-0.2, 0) is 20.2 Å². The van der Waals surface area contributed by atoms with Crippen LogP contribution < -0.4 is 4.74 Å². The topological polar surface area (TPSA) is 57.8 Å². The Labute approximate surface area is 188 Å². The molecule has 0 N–H and O–H groups in total. The molecule has 5 rings (SSSR count). The van der Waals surface area contributed by atoms with Gasteiger partial charge in [0.2, 0.25) is 0 Å². The summed E-state index contributed by atoms with van der Waals surface area (Å²) in [5, 5.41) is 4.76. The molecule has 3 heterocycles. The number of halogens is 2. The molecule has 6 nitrogen and oxygen atoms in total. The Morgan fingerprint density at radius 3 is 2.75 bits per heavy atom. The molecule has 0 saturated heterocycles. The van der Waals surface area contributed by atoms with Gasteiger partial charge in [0.15, 0.2) is 0 Å². The maximum absolute atomic E-state index is 13.9. The van der Waals surface area contributed by atoms with Crippen LogP contribution in [0.4, 0.5) is 4.39 Å². The van der Waals surface area contributed by atoms with E-state index in [4.69, 9.17) is 21.3 Å². The Morgan fingerprint density at radius 1 is 1.06 bits per heavy atom. The lowest BCUT2D eigenvalue weighted by molar-refractivity contribution is 0.290. The van der Waals surface area contributed by atoms with Crippen LogP contribution in [0.3, 0.4) is 0 Å². The highest BCUT2D eigenvalue weighted by molar-refractivity contribution is 6.31. The molecular weight excluding hydrogens is 429 g/mol. The summed E-state index contributed by atoms with van der Waals surface area (Å²) >= 11 is 6.37. The first-order chi connectivity index (χ1) is 15.6. The number of pyridine rings is 1. The molecule has 0 aliphatic heterocycles. The molecule has 5 aromatic rings. The van der Waals surface area contributed by atoms with Gasteiger partial charge in [0.25, 0.3) is 0 Å². The van der Waals surface area contributed by atoms with Crippen molar-refractivity contribution in [2.45, 2.75) is 13.2 Å². The third-order valence-corrected chi connectivity index (χ3v) is 5.57. The van der Waals surface area contributed by atoms with Gasteiger partial charge in [-0.05, 0) is 53.6 Å². The average Bonchev–Trinajstić information content (AvgIpc) is 3.38. The molecule has 0 unspecified atom stereocenters. The van der Waals surface area contributed by atoms with Crippen LogP contribution in [0.15, 0.2) is 73.3 Å². The lowest BCUT2D eigenvalue weighted by atomic mass is 10.1. The molecule has 0 aliphatic carbocycles. The molecule has 0 atom stereocenters. The predicted octanol–water partition coefficient (Wildman–Crippen LogP) is 5.25. The molecule has 0 fully saturated rings. The lowest BCUT2D eigenvalue weighted by Gasteiger charge is -2.12. The smallest absolute Gasteiger partial charge is 0.148 e. The van der Waals surface area contributed by atoms with Crippen molar-refractivity contribution in [3.05, 3.63) is 95.5 Å². The SMILES string of the molecule is Cn1cc(-c2ccc3nc(COc4cccnc4)n(Cc4cc(F)ccc4Cl)c3c2)cn1. The molecule has 0 aliphatic rings. The van der Waals surface area contributed by atoms with Crippen LogP contribution in [-0.4, -0.2) is 24.3 Å². The highest BCUT2D eigenvalue weighted by Gasteiger charge is 2.15. The number of imidazole rings is 1. The monoisotopic (exact) mass is 447 g/mol. The number of hydrogen-bond donors (Lipinski definition) is 0. The second kappa shape index (κ2) is 8.43. The zero-order valence-electron chi connectivity index (χ0n) is 17.2. The number of rotatable bonds is 6. The standard InChI is InChI=1S/C24H19ClFN5O/c1-30-13-18(11-28-30)16-4-7-22-23(10-16)31(14-17-9-19(26)5-6-21(17)25)24(29-22)15-32-20-3-2-8-27-12-20/h2-13H,14-15H2,1H3. The van der Waals surface area contributed by atoms with E-state index in [0.29, 0.717) is 28.7 Å². The highest BCUT2D eigenvalue weighted by Crippen LogP contribution is 2.28. The molecule has 2 aromatic carbocycles. The van der Waals surface area contributed by atoms with E-state index in [1.165, 1.54) is 12.1 Å². The van der Waals surface area contributed by atoms with Gasteiger partial charge in [-0.3, -0.25) is 9.67 Å². The maximum Gasteiger partial charge on any atom is 0.148 e. The zero-order valence-corrected chi connectivity index (χ0v) is 18.0. The molecule has 0 radical (unpaired) electrons. The molecule has 160 valence electrons. The molecule has 32 heavy (non-hydrogen) atoms. The van der Waals surface area contributed by atoms with Gasteiger partial charge >= 0.3 is 0 Å². The van der Waals surface area contributed by atoms with Crippen LogP contribution in [0, 0.1) is 5.82 Å². The second-order valence-corrected chi connectivity index (χ2v) is 7.84. The number of fused-ring (bicyclic) bond motifs is 1. The van der Waals surface area contributed by atoms with E-state index < -0.39 is 0 Å². The van der Waals surface area contributed by atoms with Crippen LogP contribution in [0.1, 0.15) is 11.4 Å². The quantitative estimate of drug-likeness (QED) is 0.356. The Morgan fingerprint density at radius 2 is 1.97 bits per heavy atom. The van der Waals surface area contributed by atoms with Crippen molar-refractivity contribution in [3.63, 3.8) is 0 Å². The summed E-state index contributed by atoms with van der Waals surface area (Å²) in [4.78, 5) is 8.86. The van der Waals surface area contributed by atoms with Gasteiger partial charge in [0.05, 0.1) is 30.0 Å². The zero-order chi connectivity index (χ0) is 22.1. The summed E-state index contributed by atoms with van der Waals surface area (Å²) in [7, 11) is 1.88. The van der Waals surface area contributed by atoms with Gasteiger partial charge in [0, 0.05) is 30.0 Å². The number of aromatic nitrogens is 5. The minimum atomic E-state index is -0.335. The molecule has 0 amide bonds. The van der Waals surface area contributed by atoms with Gasteiger partial charge in [0.1, 0.15) is 24.0 Å². The molecule has 0 bridgehead atoms. The molecule has 0 saturated carbocycles. The van der Waals surface area contributed by atoms with E-state index in [2.05, 4.69) is 16.1 Å². The van der Waals surface area contributed by atoms with Crippen molar-refractivity contribution in [3.8, 4) is 16.9 Å². The first-order valence-corrected chi connectivity index (χ1v) is 10.4. The number of benzene rings is 2. The van der Waals surface area contributed by atoms with Gasteiger partial charge in [-0.25, -0.2) is 9.37 Å². The van der Waals surface area contributed by atoms with Crippen molar-refractivity contribution in [2.75, 3.05) is 0 Å². The summed E-state index contributed by atoms with van der Waals surface area (Å²) in [5.41, 5.74) is 4.39. The Kier molecular flexibility index (Phi) is 5.33. The third-order valence-electron chi connectivity index (χ3n) is 5.20. The summed E-state index contributed by atoms with van der Waals surface area (Å²) in [5.74, 6) is 1.01. The minimum Gasteiger partial charge on any atom is -0.484 e. The Balaban J connectivity index is 1.59. The van der Waals surface area contributed by atoms with E-state index in [1.54, 1.807) is 23.1 Å². The van der Waals surface area contributed by atoms with Gasteiger partial charge in [-0.15, -0.1) is 0 Å². The average molecular weight is 448 g/mol. The summed E-state index contributed by atoms with van der Waals surface area (Å²) < 4.78 is 23.6. The fraction of sp³-hybridized carbons (Fsp3) is 0.125. The fourth-order valence-corrected chi connectivity index (χ4v) is 3.80. The van der Waals surface area contributed by atoms with Crippen molar-refractivity contribution in [2.24, 2.45) is 7.05 Å². The van der Waals surface area contributed by atoms with Gasteiger partial charge in [-0.1, -0.05) is 17.7 Å². The third kappa shape index (κ3) is 4.07. The minimum absolute atomic E-state index is 0.232. The molecule has 0 spiro atoms. The maximum atomic E-state index is 13.9. The summed E-state index contributed by atoms with van der Waals surface area (Å²) in [6.45, 7) is 0.588. The van der Waals surface area contributed by atoms with Crippen LogP contribution in [0.25, 0.3) is 22.2 Å². The van der Waals surface area contributed by atoms with E-state index in [9.17, 15) is 4.39 Å². The van der Waals surface area contributed by atoms with Crippen LogP contribution in [0.2, 0.25) is 5.02 Å². The van der Waals surface area contributed by atoms with Gasteiger partial charge < -0.3 is 9.30 Å². The van der Waals surface area contributed by atoms with E-state index in [-0.39, 0.29) is 12.4 Å². The number of aryl methyl sites for hydroxylation is 1. The Bertz CT molecular complexity index is 1400. The van der Waals surface area contributed by atoms with Crippen LogP contribution >= 0.6 is 11.6 Å². The van der Waals surface area contributed by atoms with Crippen LogP contribution in [0.5, 0.6) is 5.75 Å². The number of nitrogens with zero attached hydrogens (tertiary/aromatic N) is 5. The second-order valence-electron chi connectivity index (χ2n) is 7.43. The lowest BCUT2D eigenvalue weighted by Crippen LogP contribution is -2.09. The number of hydrogen-bond acceptors (Lipinski definition) is 4. The summed E-state index contributed by atoms with van der Waals surface area (Å²) in [6, 6.07) is 14.1. The van der Waals surface area contributed by atoms with E-state index >= 15 is 0 Å². The molecule has 8 heteroatoms. The fourth-order valence-electron chi connectivity index (χ4n) is 3.62. The molecule has 3 aromatic heterocycles. The first kappa shape index (κ1) is 20.2. The normalized spacial score (nSPS) is 11.2. The van der Waals surface area contributed by atoms with E-state index in [0.717, 1.165) is 22.2 Å². The highest BCUT2D eigenvalue weighted by atomic mass is 35.5. The van der Waals surface area contributed by atoms with Crippen molar-refractivity contribution in [1.82, 2.24) is 24.3 Å². The predicted molar refractivity (Wildman–Crippen MR) is 121 cm³/mol. The van der Waals surface area contributed by atoms with Crippen molar-refractivity contribution < 1.29 is 9.13 Å². The van der Waals surface area contributed by atoms with Crippen molar-refractivity contribution in [1.29, 1.82) is 0 Å². The van der Waals surface area contributed by atoms with E-state index in [1.807, 2.05) is 48.3 Å². The first-order valence-electron chi connectivity index (χ1n) is 10.0. The largest absolute Gasteiger partial charge is 0.484 e. The molecular formula is C24H19ClFN5O. The van der Waals surface area contributed by atoms with Gasteiger partial charge in [-0.2, -0.15) is 5.10 Å². The Hall–Kier alpha value is -3.71. The summed E-state index contributed by atoms with van der Waals surface area (Å²) in [6.07, 6.45) is 7.11.